The normalized spacial score (nSPS) is 17.6. The van der Waals surface area contributed by atoms with Gasteiger partial charge in [0.2, 0.25) is 0 Å². The number of carbonyl (C=O) groups is 1. The fraction of sp³-hybridized carbons (Fsp3) is 0.500. The summed E-state index contributed by atoms with van der Waals surface area (Å²) in [6.45, 7) is 0.798. The lowest BCUT2D eigenvalue weighted by molar-refractivity contribution is -0.139. The summed E-state index contributed by atoms with van der Waals surface area (Å²) in [7, 11) is 0. The lowest BCUT2D eigenvalue weighted by Crippen LogP contribution is -2.41. The van der Waals surface area contributed by atoms with E-state index in [1.807, 2.05) is 24.3 Å². The molecule has 0 saturated heterocycles. The van der Waals surface area contributed by atoms with Crippen LogP contribution in [-0.2, 0) is 11.2 Å². The van der Waals surface area contributed by atoms with E-state index in [9.17, 15) is 9.90 Å². The van der Waals surface area contributed by atoms with Crippen LogP contribution in [0.2, 0.25) is 0 Å². The molecule has 2 aromatic rings. The van der Waals surface area contributed by atoms with Crippen molar-refractivity contribution in [2.75, 3.05) is 6.54 Å². The first kappa shape index (κ1) is 15.1. The highest BCUT2D eigenvalue weighted by Gasteiger charge is 2.22. The minimum absolute atomic E-state index is 0.457. The van der Waals surface area contributed by atoms with E-state index in [1.165, 1.54) is 32.1 Å². The van der Waals surface area contributed by atoms with Gasteiger partial charge < -0.3 is 14.8 Å². The predicted molar refractivity (Wildman–Crippen MR) is 85.9 cm³/mol. The van der Waals surface area contributed by atoms with Gasteiger partial charge in [0.25, 0.3) is 0 Å². The summed E-state index contributed by atoms with van der Waals surface area (Å²) in [5.74, 6) is -0.169. The molecule has 1 aromatic heterocycles. The zero-order valence-corrected chi connectivity index (χ0v) is 12.8. The smallest absolute Gasteiger partial charge is 0.321 e. The highest BCUT2D eigenvalue weighted by Crippen LogP contribution is 2.24. The Bertz CT molecular complexity index is 628. The first-order valence-electron chi connectivity index (χ1n) is 8.15. The fourth-order valence-corrected chi connectivity index (χ4v) is 3.36. The molecule has 4 nitrogen and oxygen atoms in total. The Hall–Kier alpha value is -1.81. The first-order chi connectivity index (χ1) is 10.7. The van der Waals surface area contributed by atoms with Crippen molar-refractivity contribution in [3.63, 3.8) is 0 Å². The van der Waals surface area contributed by atoms with E-state index in [-0.39, 0.29) is 0 Å². The van der Waals surface area contributed by atoms with Gasteiger partial charge in [-0.15, -0.1) is 0 Å². The van der Waals surface area contributed by atoms with E-state index < -0.39 is 12.0 Å². The second-order valence-corrected chi connectivity index (χ2v) is 6.26. The molecule has 1 unspecified atom stereocenters. The number of rotatable bonds is 6. The van der Waals surface area contributed by atoms with Crippen LogP contribution in [0.25, 0.3) is 11.0 Å². The average Bonchev–Trinajstić information content (AvgIpc) is 2.95. The van der Waals surface area contributed by atoms with Crippen molar-refractivity contribution in [2.24, 2.45) is 5.92 Å². The second kappa shape index (κ2) is 6.97. The molecular formula is C18H23NO3. The fourth-order valence-electron chi connectivity index (χ4n) is 3.36. The molecule has 0 radical (unpaired) electrons. The lowest BCUT2D eigenvalue weighted by atomic mass is 9.89. The van der Waals surface area contributed by atoms with Crippen LogP contribution in [0.3, 0.4) is 0 Å². The standard InChI is InChI=1S/C18H23NO3/c20-18(21)16(19-11-13-6-2-1-3-7-13)10-14-12-22-17-9-5-4-8-15(14)17/h4-5,8-9,12-13,16,19H,1-3,6-7,10-11H2,(H,20,21). The maximum Gasteiger partial charge on any atom is 0.321 e. The van der Waals surface area contributed by atoms with E-state index >= 15 is 0 Å². The molecule has 1 fully saturated rings. The van der Waals surface area contributed by atoms with Crippen molar-refractivity contribution in [3.05, 3.63) is 36.1 Å². The van der Waals surface area contributed by atoms with Gasteiger partial charge in [0.05, 0.1) is 6.26 Å². The van der Waals surface area contributed by atoms with Crippen molar-refractivity contribution < 1.29 is 14.3 Å². The molecular weight excluding hydrogens is 278 g/mol. The molecule has 1 saturated carbocycles. The highest BCUT2D eigenvalue weighted by molar-refractivity contribution is 5.82. The minimum atomic E-state index is -0.791. The zero-order valence-electron chi connectivity index (χ0n) is 12.8. The van der Waals surface area contributed by atoms with Gasteiger partial charge in [0.1, 0.15) is 11.6 Å². The summed E-state index contributed by atoms with van der Waals surface area (Å²) >= 11 is 0. The van der Waals surface area contributed by atoms with Crippen LogP contribution in [0, 0.1) is 5.92 Å². The van der Waals surface area contributed by atoms with Gasteiger partial charge in [0.15, 0.2) is 0 Å². The third-order valence-corrected chi connectivity index (χ3v) is 4.66. The van der Waals surface area contributed by atoms with Crippen molar-refractivity contribution in [1.29, 1.82) is 0 Å². The molecule has 1 aliphatic carbocycles. The molecule has 1 heterocycles. The van der Waals surface area contributed by atoms with E-state index in [4.69, 9.17) is 4.42 Å². The number of hydrogen-bond donors (Lipinski definition) is 2. The molecule has 2 N–H and O–H groups in total. The summed E-state index contributed by atoms with van der Waals surface area (Å²) < 4.78 is 5.50. The summed E-state index contributed by atoms with van der Waals surface area (Å²) in [5.41, 5.74) is 1.77. The molecule has 1 atom stereocenters. The van der Waals surface area contributed by atoms with Gasteiger partial charge in [-0.2, -0.15) is 0 Å². The average molecular weight is 301 g/mol. The van der Waals surface area contributed by atoms with Crippen LogP contribution in [-0.4, -0.2) is 23.7 Å². The molecule has 22 heavy (non-hydrogen) atoms. The maximum atomic E-state index is 11.5. The van der Waals surface area contributed by atoms with Gasteiger partial charge in [-0.05, 0) is 31.4 Å². The molecule has 4 heteroatoms. The Kier molecular flexibility index (Phi) is 4.78. The number of aliphatic carboxylic acids is 1. The number of hydrogen-bond acceptors (Lipinski definition) is 3. The molecule has 3 rings (SSSR count). The number of carboxylic acid groups (broad SMARTS) is 1. The van der Waals surface area contributed by atoms with Crippen LogP contribution in [0.5, 0.6) is 0 Å². The van der Waals surface area contributed by atoms with Crippen molar-refractivity contribution in [2.45, 2.75) is 44.6 Å². The lowest BCUT2D eigenvalue weighted by Gasteiger charge is -2.24. The molecule has 0 aliphatic heterocycles. The van der Waals surface area contributed by atoms with Crippen LogP contribution >= 0.6 is 0 Å². The van der Waals surface area contributed by atoms with Crippen LogP contribution in [0.1, 0.15) is 37.7 Å². The van der Waals surface area contributed by atoms with Crippen LogP contribution in [0.4, 0.5) is 0 Å². The Balaban J connectivity index is 1.65. The molecule has 1 aromatic carbocycles. The van der Waals surface area contributed by atoms with Crippen molar-refractivity contribution in [3.8, 4) is 0 Å². The molecule has 0 amide bonds. The second-order valence-electron chi connectivity index (χ2n) is 6.26. The van der Waals surface area contributed by atoms with E-state index in [1.54, 1.807) is 6.26 Å². The third kappa shape index (κ3) is 3.50. The minimum Gasteiger partial charge on any atom is -0.480 e. The summed E-state index contributed by atoms with van der Waals surface area (Å²) in [6.07, 6.45) is 8.44. The number of para-hydroxylation sites is 1. The maximum absolute atomic E-state index is 11.5. The molecule has 0 spiro atoms. The SMILES string of the molecule is O=C(O)C(Cc1coc2ccccc12)NCC1CCCCC1. The van der Waals surface area contributed by atoms with Gasteiger partial charge in [0, 0.05) is 17.4 Å². The third-order valence-electron chi connectivity index (χ3n) is 4.66. The molecule has 118 valence electrons. The number of furan rings is 1. The van der Waals surface area contributed by atoms with Crippen LogP contribution in [0.15, 0.2) is 34.9 Å². The summed E-state index contributed by atoms with van der Waals surface area (Å²) in [4.78, 5) is 11.5. The zero-order chi connectivity index (χ0) is 15.4. The van der Waals surface area contributed by atoms with Crippen LogP contribution < -0.4 is 5.32 Å². The van der Waals surface area contributed by atoms with Gasteiger partial charge in [-0.1, -0.05) is 37.5 Å². The summed E-state index contributed by atoms with van der Waals surface area (Å²) in [5, 5.41) is 13.7. The highest BCUT2D eigenvalue weighted by atomic mass is 16.4. The number of nitrogens with one attached hydrogen (secondary N) is 1. The summed E-state index contributed by atoms with van der Waals surface area (Å²) in [6, 6.07) is 7.21. The first-order valence-corrected chi connectivity index (χ1v) is 8.15. The number of benzene rings is 1. The van der Waals surface area contributed by atoms with E-state index in [0.29, 0.717) is 12.3 Å². The molecule has 1 aliphatic rings. The number of fused-ring (bicyclic) bond motifs is 1. The Labute approximate surface area is 130 Å². The Morgan fingerprint density at radius 2 is 2.05 bits per heavy atom. The van der Waals surface area contributed by atoms with Gasteiger partial charge >= 0.3 is 5.97 Å². The predicted octanol–water partition coefficient (Wildman–Crippen LogP) is 3.60. The van der Waals surface area contributed by atoms with Gasteiger partial charge in [-0.25, -0.2) is 0 Å². The topological polar surface area (TPSA) is 62.5 Å². The number of carboxylic acids is 1. The van der Waals surface area contributed by atoms with E-state index in [0.717, 1.165) is 23.1 Å². The van der Waals surface area contributed by atoms with Crippen molar-refractivity contribution >= 4 is 16.9 Å². The van der Waals surface area contributed by atoms with E-state index in [2.05, 4.69) is 5.32 Å². The monoisotopic (exact) mass is 301 g/mol. The Morgan fingerprint density at radius 3 is 2.82 bits per heavy atom. The van der Waals surface area contributed by atoms with Gasteiger partial charge in [-0.3, -0.25) is 4.79 Å². The Morgan fingerprint density at radius 1 is 1.27 bits per heavy atom. The molecule has 0 bridgehead atoms. The van der Waals surface area contributed by atoms with Crippen molar-refractivity contribution in [1.82, 2.24) is 5.32 Å². The largest absolute Gasteiger partial charge is 0.480 e. The quantitative estimate of drug-likeness (QED) is 0.855.